The number of amides is 1. The standard InChI is InChI=1S/C18H20FN3O4/c1-12(18(23)20-15-6-4-5-7-16(15)22(24)25)21(2)11-13-8-9-17(26-3)14(19)10-13/h4-10,12H,11H2,1-3H3,(H,20,23)/p+1/t12-/m1/s1. The zero-order valence-corrected chi connectivity index (χ0v) is 14.8. The number of nitrogens with one attached hydrogen (secondary N) is 2. The van der Waals surface area contributed by atoms with Gasteiger partial charge in [0.25, 0.3) is 11.6 Å². The number of nitrogens with zero attached hydrogens (tertiary/aromatic N) is 1. The Kier molecular flexibility index (Phi) is 6.24. The van der Waals surface area contributed by atoms with Gasteiger partial charge in [0, 0.05) is 11.6 Å². The molecule has 7 nitrogen and oxygen atoms in total. The molecule has 0 saturated heterocycles. The van der Waals surface area contributed by atoms with Crippen molar-refractivity contribution < 1.29 is 23.7 Å². The van der Waals surface area contributed by atoms with Gasteiger partial charge < -0.3 is 15.0 Å². The van der Waals surface area contributed by atoms with Crippen LogP contribution in [0.5, 0.6) is 5.75 Å². The summed E-state index contributed by atoms with van der Waals surface area (Å²) in [6, 6.07) is 10.1. The molecular weight excluding hydrogens is 341 g/mol. The van der Waals surface area contributed by atoms with Crippen LogP contribution in [0, 0.1) is 15.9 Å². The third-order valence-corrected chi connectivity index (χ3v) is 4.19. The van der Waals surface area contributed by atoms with Crippen molar-refractivity contribution in [1.82, 2.24) is 0 Å². The van der Waals surface area contributed by atoms with Crippen molar-refractivity contribution in [2.24, 2.45) is 0 Å². The summed E-state index contributed by atoms with van der Waals surface area (Å²) in [4.78, 5) is 23.7. The maximum Gasteiger partial charge on any atom is 0.292 e. The number of halogens is 1. The van der Waals surface area contributed by atoms with E-state index in [1.165, 1.54) is 37.4 Å². The van der Waals surface area contributed by atoms with Crippen LogP contribution in [0.4, 0.5) is 15.8 Å². The largest absolute Gasteiger partial charge is 0.494 e. The van der Waals surface area contributed by atoms with Crippen LogP contribution in [-0.4, -0.2) is 31.0 Å². The molecule has 0 aliphatic heterocycles. The van der Waals surface area contributed by atoms with Crippen molar-refractivity contribution in [3.63, 3.8) is 0 Å². The molecule has 2 N–H and O–H groups in total. The Hall–Kier alpha value is -3.00. The van der Waals surface area contributed by atoms with E-state index in [1.807, 2.05) is 0 Å². The Morgan fingerprint density at radius 1 is 1.35 bits per heavy atom. The number of nitro groups is 1. The predicted molar refractivity (Wildman–Crippen MR) is 94.7 cm³/mol. The summed E-state index contributed by atoms with van der Waals surface area (Å²) in [6.07, 6.45) is 0. The fourth-order valence-electron chi connectivity index (χ4n) is 2.50. The van der Waals surface area contributed by atoms with Gasteiger partial charge in [-0.25, -0.2) is 4.39 Å². The number of methoxy groups -OCH3 is 1. The third-order valence-electron chi connectivity index (χ3n) is 4.19. The quantitative estimate of drug-likeness (QED) is 0.581. The average Bonchev–Trinajstić information content (AvgIpc) is 2.61. The maximum atomic E-state index is 13.8. The molecule has 2 aromatic rings. The molecule has 0 saturated carbocycles. The number of quaternary nitrogens is 1. The molecular formula is C18H21FN3O4+. The smallest absolute Gasteiger partial charge is 0.292 e. The highest BCUT2D eigenvalue weighted by molar-refractivity contribution is 5.95. The molecule has 2 rings (SSSR count). The fourth-order valence-corrected chi connectivity index (χ4v) is 2.50. The van der Waals surface area contributed by atoms with Crippen molar-refractivity contribution in [2.75, 3.05) is 19.5 Å². The molecule has 0 heterocycles. The van der Waals surface area contributed by atoms with E-state index in [2.05, 4.69) is 5.32 Å². The molecule has 26 heavy (non-hydrogen) atoms. The minimum Gasteiger partial charge on any atom is -0.494 e. The second-order valence-corrected chi connectivity index (χ2v) is 5.98. The van der Waals surface area contributed by atoms with Crippen molar-refractivity contribution in [2.45, 2.75) is 19.5 Å². The molecule has 0 aliphatic carbocycles. The number of para-hydroxylation sites is 2. The molecule has 2 atom stereocenters. The minimum atomic E-state index is -0.545. The van der Waals surface area contributed by atoms with Crippen LogP contribution < -0.4 is 15.0 Å². The number of carbonyl (C=O) groups is 1. The topological polar surface area (TPSA) is 85.9 Å². The molecule has 1 amide bonds. The summed E-state index contributed by atoms with van der Waals surface area (Å²) >= 11 is 0. The first kappa shape index (κ1) is 19.3. The first-order valence-electron chi connectivity index (χ1n) is 8.02. The number of anilines is 1. The molecule has 138 valence electrons. The van der Waals surface area contributed by atoms with Gasteiger partial charge in [-0.2, -0.15) is 0 Å². The van der Waals surface area contributed by atoms with Crippen molar-refractivity contribution >= 4 is 17.3 Å². The Morgan fingerprint density at radius 3 is 2.65 bits per heavy atom. The molecule has 1 unspecified atom stereocenters. The van der Waals surface area contributed by atoms with Crippen LogP contribution in [-0.2, 0) is 11.3 Å². The van der Waals surface area contributed by atoms with Crippen LogP contribution >= 0.6 is 0 Å². The van der Waals surface area contributed by atoms with E-state index in [-0.39, 0.29) is 23.0 Å². The predicted octanol–water partition coefficient (Wildman–Crippen LogP) is 1.78. The van der Waals surface area contributed by atoms with E-state index in [0.717, 1.165) is 4.90 Å². The second kappa shape index (κ2) is 8.39. The lowest BCUT2D eigenvalue weighted by molar-refractivity contribution is -0.907. The number of rotatable bonds is 7. The monoisotopic (exact) mass is 362 g/mol. The SMILES string of the molecule is COc1ccc(C[NH+](C)[C@H](C)C(=O)Nc2ccccc2[N+](=O)[O-])cc1F. The lowest BCUT2D eigenvalue weighted by atomic mass is 10.1. The van der Waals surface area contributed by atoms with Crippen molar-refractivity contribution in [1.29, 1.82) is 0 Å². The van der Waals surface area contributed by atoms with Crippen LogP contribution in [0.1, 0.15) is 12.5 Å². The highest BCUT2D eigenvalue weighted by Crippen LogP contribution is 2.23. The van der Waals surface area contributed by atoms with Crippen LogP contribution in [0.3, 0.4) is 0 Å². The van der Waals surface area contributed by atoms with Gasteiger partial charge in [0.05, 0.1) is 19.1 Å². The van der Waals surface area contributed by atoms with Gasteiger partial charge in [-0.05, 0) is 31.2 Å². The van der Waals surface area contributed by atoms with E-state index in [9.17, 15) is 19.3 Å². The number of hydrogen-bond donors (Lipinski definition) is 2. The van der Waals surface area contributed by atoms with Crippen LogP contribution in [0.2, 0.25) is 0 Å². The molecule has 2 aromatic carbocycles. The van der Waals surface area contributed by atoms with Gasteiger partial charge in [0.2, 0.25) is 0 Å². The summed E-state index contributed by atoms with van der Waals surface area (Å²) in [7, 11) is 3.19. The highest BCUT2D eigenvalue weighted by atomic mass is 19.1. The van der Waals surface area contributed by atoms with Gasteiger partial charge in [-0.1, -0.05) is 12.1 Å². The number of benzene rings is 2. The number of likely N-dealkylation sites (N-methyl/N-ethyl adjacent to an activating group) is 1. The Balaban J connectivity index is 2.06. The van der Waals surface area contributed by atoms with Crippen LogP contribution in [0.25, 0.3) is 0 Å². The minimum absolute atomic E-state index is 0.151. The van der Waals surface area contributed by atoms with Crippen molar-refractivity contribution in [3.05, 3.63) is 64.0 Å². The average molecular weight is 362 g/mol. The summed E-state index contributed by atoms with van der Waals surface area (Å²) in [6.45, 7) is 2.12. The van der Waals surface area contributed by atoms with Gasteiger partial charge in [-0.15, -0.1) is 0 Å². The Bertz CT molecular complexity index is 813. The van der Waals surface area contributed by atoms with Crippen molar-refractivity contribution in [3.8, 4) is 5.75 Å². The summed E-state index contributed by atoms with van der Waals surface area (Å²) < 4.78 is 18.7. The highest BCUT2D eigenvalue weighted by Gasteiger charge is 2.24. The van der Waals surface area contributed by atoms with Gasteiger partial charge in [-0.3, -0.25) is 14.9 Å². The fraction of sp³-hybridized carbons (Fsp3) is 0.278. The number of hydrogen-bond acceptors (Lipinski definition) is 4. The summed E-state index contributed by atoms with van der Waals surface area (Å²) in [5.41, 5.74) is 0.701. The first-order valence-corrected chi connectivity index (χ1v) is 8.02. The van der Waals surface area contributed by atoms with Gasteiger partial charge in [0.15, 0.2) is 17.6 Å². The third kappa shape index (κ3) is 4.54. The van der Waals surface area contributed by atoms with E-state index in [4.69, 9.17) is 4.74 Å². The van der Waals surface area contributed by atoms with Gasteiger partial charge >= 0.3 is 0 Å². The van der Waals surface area contributed by atoms with E-state index >= 15 is 0 Å². The molecule has 0 radical (unpaired) electrons. The molecule has 0 aliphatic rings. The second-order valence-electron chi connectivity index (χ2n) is 5.98. The lowest BCUT2D eigenvalue weighted by Crippen LogP contribution is -3.12. The van der Waals surface area contributed by atoms with E-state index in [0.29, 0.717) is 12.1 Å². The number of ether oxygens (including phenoxy) is 1. The van der Waals surface area contributed by atoms with Gasteiger partial charge in [0.1, 0.15) is 12.2 Å². The number of carbonyl (C=O) groups excluding carboxylic acids is 1. The number of nitro benzene ring substituents is 1. The molecule has 0 bridgehead atoms. The summed E-state index contributed by atoms with van der Waals surface area (Å²) in [5.74, 6) is -0.658. The van der Waals surface area contributed by atoms with Crippen LogP contribution in [0.15, 0.2) is 42.5 Å². The zero-order chi connectivity index (χ0) is 19.3. The molecule has 0 aromatic heterocycles. The normalized spacial score (nSPS) is 12.9. The molecule has 8 heteroatoms. The van der Waals surface area contributed by atoms with E-state index < -0.39 is 16.8 Å². The maximum absolute atomic E-state index is 13.8. The molecule has 0 fully saturated rings. The lowest BCUT2D eigenvalue weighted by Gasteiger charge is -2.21. The molecule has 0 spiro atoms. The Labute approximate surface area is 150 Å². The van der Waals surface area contributed by atoms with E-state index in [1.54, 1.807) is 26.1 Å². The zero-order valence-electron chi connectivity index (χ0n) is 14.8. The first-order chi connectivity index (χ1) is 12.3. The Morgan fingerprint density at radius 2 is 2.04 bits per heavy atom. The summed E-state index contributed by atoms with van der Waals surface area (Å²) in [5, 5.41) is 13.6.